The zero-order chi connectivity index (χ0) is 24.6. The lowest BCUT2D eigenvalue weighted by atomic mass is 10.1. The smallest absolute Gasteiger partial charge is 0.391 e. The molecule has 2 aromatic rings. The average Bonchev–Trinajstić information content (AvgIpc) is 3.20. The summed E-state index contributed by atoms with van der Waals surface area (Å²) in [5.74, 6) is 0.466. The molecule has 0 saturated heterocycles. The van der Waals surface area contributed by atoms with Crippen LogP contribution < -0.4 is 15.5 Å². The second-order valence-corrected chi connectivity index (χ2v) is 8.10. The maximum Gasteiger partial charge on any atom is 0.433 e. The van der Waals surface area contributed by atoms with Gasteiger partial charge in [-0.2, -0.15) is 18.2 Å². The van der Waals surface area contributed by atoms with Gasteiger partial charge in [0, 0.05) is 25.9 Å². The van der Waals surface area contributed by atoms with Crippen molar-refractivity contribution in [3.8, 4) is 0 Å². The number of fused-ring (bicyclic) bond motifs is 1. The van der Waals surface area contributed by atoms with Gasteiger partial charge in [-0.1, -0.05) is 6.07 Å². The number of aliphatic hydroxyl groups is 1. The number of hydrogen-bond donors (Lipinski definition) is 3. The number of nitrogens with zero attached hydrogens (tertiary/aromatic N) is 6. The summed E-state index contributed by atoms with van der Waals surface area (Å²) >= 11 is 0. The lowest BCUT2D eigenvalue weighted by molar-refractivity contribution is -0.141. The maximum absolute atomic E-state index is 12.7. The molecule has 4 rings (SSSR count). The first-order valence-electron chi connectivity index (χ1n) is 10.5. The summed E-state index contributed by atoms with van der Waals surface area (Å²) in [5.41, 5.74) is 1.34. The van der Waals surface area contributed by atoms with E-state index >= 15 is 0 Å². The van der Waals surface area contributed by atoms with E-state index in [1.165, 1.54) is 19.2 Å². The van der Waals surface area contributed by atoms with E-state index in [0.29, 0.717) is 40.8 Å². The number of likely N-dealkylation sites (N-methyl/N-ethyl adjacent to an activating group) is 1. The summed E-state index contributed by atoms with van der Waals surface area (Å²) in [7, 11) is 1.68. The third-order valence-corrected chi connectivity index (χ3v) is 5.47. The van der Waals surface area contributed by atoms with Crippen LogP contribution in [0.3, 0.4) is 0 Å². The summed E-state index contributed by atoms with van der Waals surface area (Å²) in [6.45, 7) is 3.55. The number of aliphatic imine (C=N–C) groups is 2. The first-order valence-corrected chi connectivity index (χ1v) is 10.5. The van der Waals surface area contributed by atoms with Crippen LogP contribution in [0.15, 0.2) is 28.3 Å². The highest BCUT2D eigenvalue weighted by molar-refractivity contribution is 6.33. The van der Waals surface area contributed by atoms with Crippen LogP contribution in [-0.2, 0) is 17.4 Å². The number of rotatable bonds is 6. The molecule has 1 amide bonds. The highest BCUT2D eigenvalue weighted by Gasteiger charge is 2.36. The molecular weight excluding hydrogens is 453 g/mol. The van der Waals surface area contributed by atoms with Crippen LogP contribution in [0.25, 0.3) is 0 Å². The predicted octanol–water partition coefficient (Wildman–Crippen LogP) is 1.84. The number of pyridine rings is 1. The van der Waals surface area contributed by atoms with Crippen LogP contribution in [0.2, 0.25) is 0 Å². The Balaban J connectivity index is 1.41. The molecule has 10 nitrogen and oxygen atoms in total. The number of alkyl halides is 3. The largest absolute Gasteiger partial charge is 0.433 e. The molecule has 34 heavy (non-hydrogen) atoms. The molecule has 0 spiro atoms. The van der Waals surface area contributed by atoms with Gasteiger partial charge in [0.25, 0.3) is 0 Å². The van der Waals surface area contributed by atoms with Gasteiger partial charge in [-0.3, -0.25) is 19.8 Å². The van der Waals surface area contributed by atoms with Gasteiger partial charge < -0.3 is 20.6 Å². The summed E-state index contributed by atoms with van der Waals surface area (Å²) in [4.78, 5) is 35.0. The third-order valence-electron chi connectivity index (χ3n) is 5.47. The summed E-state index contributed by atoms with van der Waals surface area (Å²) in [6.07, 6.45) is -2.72. The van der Waals surface area contributed by atoms with Crippen LogP contribution in [0, 0.1) is 6.92 Å². The van der Waals surface area contributed by atoms with Crippen molar-refractivity contribution in [2.45, 2.75) is 44.8 Å². The minimum Gasteiger partial charge on any atom is -0.391 e. The number of nitrogens with one attached hydrogen (secondary N) is 2. The molecule has 2 aromatic heterocycles. The van der Waals surface area contributed by atoms with Crippen LogP contribution in [0.1, 0.15) is 23.9 Å². The van der Waals surface area contributed by atoms with Gasteiger partial charge in [0.05, 0.1) is 24.1 Å². The van der Waals surface area contributed by atoms with E-state index < -0.39 is 30.2 Å². The summed E-state index contributed by atoms with van der Waals surface area (Å²) in [6, 6.07) is 1.54. The number of anilines is 3. The van der Waals surface area contributed by atoms with Crippen LogP contribution >= 0.6 is 0 Å². The van der Waals surface area contributed by atoms with E-state index in [0.717, 1.165) is 6.07 Å². The molecular formula is C21H23F3N8O2. The molecule has 0 bridgehead atoms. The Labute approximate surface area is 193 Å². The second kappa shape index (κ2) is 8.97. The van der Waals surface area contributed by atoms with Crippen LogP contribution in [-0.4, -0.2) is 69.8 Å². The van der Waals surface area contributed by atoms with E-state index in [9.17, 15) is 23.1 Å². The monoisotopic (exact) mass is 476 g/mol. The van der Waals surface area contributed by atoms with Crippen molar-refractivity contribution < 1.29 is 23.1 Å². The SMILES string of the molecule is Cc1nc(NCC2=NC(Cc3ccc(C(F)(F)F)nc3)N=C2)nc2c1NC(=O)[C@H]([C@H](C)O)N2C. The number of halogens is 3. The number of carbonyl (C=O) groups is 1. The minimum atomic E-state index is -4.48. The topological polar surface area (TPSA) is 128 Å². The quantitative estimate of drug-likeness (QED) is 0.581. The fourth-order valence-electron chi connectivity index (χ4n) is 3.80. The molecule has 0 radical (unpaired) electrons. The fourth-order valence-corrected chi connectivity index (χ4v) is 3.80. The minimum absolute atomic E-state index is 0.277. The van der Waals surface area contributed by atoms with Crippen molar-refractivity contribution in [2.24, 2.45) is 9.98 Å². The van der Waals surface area contributed by atoms with Crippen molar-refractivity contribution in [2.75, 3.05) is 29.1 Å². The fraction of sp³-hybridized carbons (Fsp3) is 0.429. The van der Waals surface area contributed by atoms with Crippen molar-refractivity contribution >= 4 is 35.3 Å². The Bertz CT molecular complexity index is 1150. The third kappa shape index (κ3) is 4.83. The number of aromatic nitrogens is 3. The summed E-state index contributed by atoms with van der Waals surface area (Å²) < 4.78 is 38.0. The highest BCUT2D eigenvalue weighted by Crippen LogP contribution is 2.33. The van der Waals surface area contributed by atoms with Gasteiger partial charge in [-0.05, 0) is 25.5 Å². The van der Waals surface area contributed by atoms with Crippen molar-refractivity contribution in [3.63, 3.8) is 0 Å². The highest BCUT2D eigenvalue weighted by atomic mass is 19.4. The zero-order valence-corrected chi connectivity index (χ0v) is 18.6. The molecule has 2 aliphatic rings. The number of carbonyl (C=O) groups excluding carboxylic acids is 1. The molecule has 1 unspecified atom stereocenters. The Hall–Kier alpha value is -3.61. The number of amides is 1. The standard InChI is InChI=1S/C21H23F3N8O2/c1-10-16-18(32(3)17(11(2)33)19(34)30-16)31-20(28-10)27-9-13-8-26-15(29-13)6-12-4-5-14(25-7-12)21(22,23)24/h4-5,7-8,11,15,17,33H,6,9H2,1-3H3,(H,30,34)(H,27,28,31)/t11-,15?,17-/m0/s1. The number of aryl methyl sites for hydroxylation is 1. The molecule has 0 aromatic carbocycles. The van der Waals surface area contributed by atoms with Gasteiger partial charge in [-0.25, -0.2) is 4.98 Å². The molecule has 3 atom stereocenters. The van der Waals surface area contributed by atoms with Crippen molar-refractivity contribution in [3.05, 3.63) is 35.3 Å². The Morgan fingerprint density at radius 2 is 2.06 bits per heavy atom. The maximum atomic E-state index is 12.7. The molecule has 13 heteroatoms. The summed E-state index contributed by atoms with van der Waals surface area (Å²) in [5, 5.41) is 15.8. The average molecular weight is 476 g/mol. The lowest BCUT2D eigenvalue weighted by Crippen LogP contribution is -2.52. The van der Waals surface area contributed by atoms with Gasteiger partial charge in [0.2, 0.25) is 11.9 Å². The predicted molar refractivity (Wildman–Crippen MR) is 120 cm³/mol. The molecule has 0 fully saturated rings. The molecule has 0 saturated carbocycles. The van der Waals surface area contributed by atoms with Gasteiger partial charge in [0.1, 0.15) is 23.6 Å². The number of hydrogen-bond acceptors (Lipinski definition) is 9. The van der Waals surface area contributed by atoms with Crippen molar-refractivity contribution in [1.82, 2.24) is 15.0 Å². The molecule has 2 aliphatic heterocycles. The van der Waals surface area contributed by atoms with E-state index in [1.54, 1.807) is 25.1 Å². The Kier molecular flexibility index (Phi) is 6.21. The van der Waals surface area contributed by atoms with Crippen LogP contribution in [0.4, 0.5) is 30.6 Å². The molecule has 3 N–H and O–H groups in total. The van der Waals surface area contributed by atoms with E-state index in [4.69, 9.17) is 0 Å². The van der Waals surface area contributed by atoms with E-state index in [1.807, 2.05) is 0 Å². The molecule has 0 aliphatic carbocycles. The zero-order valence-electron chi connectivity index (χ0n) is 18.6. The van der Waals surface area contributed by atoms with Crippen LogP contribution in [0.5, 0.6) is 0 Å². The molecule has 180 valence electrons. The van der Waals surface area contributed by atoms with Gasteiger partial charge in [-0.15, -0.1) is 0 Å². The van der Waals surface area contributed by atoms with E-state index in [-0.39, 0.29) is 12.5 Å². The van der Waals surface area contributed by atoms with Gasteiger partial charge in [0.15, 0.2) is 5.82 Å². The molecule has 4 heterocycles. The Morgan fingerprint density at radius 3 is 2.71 bits per heavy atom. The van der Waals surface area contributed by atoms with Gasteiger partial charge >= 0.3 is 6.18 Å². The Morgan fingerprint density at radius 1 is 1.29 bits per heavy atom. The van der Waals surface area contributed by atoms with E-state index in [2.05, 4.69) is 35.6 Å². The first kappa shape index (κ1) is 23.5. The first-order chi connectivity index (χ1) is 16.0. The normalized spacial score (nSPS) is 20.6. The van der Waals surface area contributed by atoms with Crippen molar-refractivity contribution in [1.29, 1.82) is 0 Å². The number of aliphatic hydroxyl groups excluding tert-OH is 1. The second-order valence-electron chi connectivity index (χ2n) is 8.10. The lowest BCUT2D eigenvalue weighted by Gasteiger charge is -2.36.